The van der Waals surface area contributed by atoms with Crippen LogP contribution in [0.4, 0.5) is 10.1 Å². The number of hydrogen-bond donors (Lipinski definition) is 1. The molecule has 4 aliphatic heterocycles. The van der Waals surface area contributed by atoms with Crippen molar-refractivity contribution in [3.8, 4) is 11.5 Å². The highest BCUT2D eigenvalue weighted by atomic mass is 35.5. The maximum atomic E-state index is 15.0. The van der Waals surface area contributed by atoms with Gasteiger partial charge in [-0.3, -0.25) is 4.90 Å². The highest BCUT2D eigenvalue weighted by Crippen LogP contribution is 2.51. The number of piperazine rings is 1. The fraction of sp³-hybridized carbons (Fsp3) is 0.394. The SMILES string of the molecule is C[C@@]1(c2ccc(Cl)cc2F)Oc2cccc(N3CCN(Cc4nc5c(Cl)cc(C(=O)O)cc5n4C[C@@H]4CCO4)[C@@H]4COC[C@@H]43)c2O1. The summed E-state index contributed by atoms with van der Waals surface area (Å²) < 4.78 is 41.5. The van der Waals surface area contributed by atoms with Crippen LogP contribution >= 0.6 is 23.2 Å². The molecule has 4 aromatic rings. The second kappa shape index (κ2) is 11.3. The van der Waals surface area contributed by atoms with E-state index in [0.29, 0.717) is 78.6 Å². The molecule has 0 unspecified atom stereocenters. The molecule has 0 amide bonds. The zero-order chi connectivity index (χ0) is 31.7. The molecule has 0 bridgehead atoms. The van der Waals surface area contributed by atoms with Crippen molar-refractivity contribution in [3.05, 3.63) is 81.3 Å². The monoisotopic (exact) mass is 668 g/mol. The van der Waals surface area contributed by atoms with E-state index in [0.717, 1.165) is 17.9 Å². The number of nitrogens with zero attached hydrogens (tertiary/aromatic N) is 4. The van der Waals surface area contributed by atoms with Crippen molar-refractivity contribution in [3.63, 3.8) is 0 Å². The molecular weight excluding hydrogens is 638 g/mol. The summed E-state index contributed by atoms with van der Waals surface area (Å²) in [5.74, 6) is -1.00. The largest absolute Gasteiger partial charge is 0.478 e. The van der Waals surface area contributed by atoms with E-state index in [9.17, 15) is 14.3 Å². The molecule has 0 radical (unpaired) electrons. The van der Waals surface area contributed by atoms with Gasteiger partial charge in [-0.1, -0.05) is 29.3 Å². The molecule has 1 aromatic heterocycles. The van der Waals surface area contributed by atoms with Crippen LogP contribution in [0.15, 0.2) is 48.5 Å². The maximum Gasteiger partial charge on any atom is 0.335 e. The van der Waals surface area contributed by atoms with Crippen molar-refractivity contribution < 1.29 is 33.2 Å². The molecule has 3 aromatic carbocycles. The van der Waals surface area contributed by atoms with E-state index in [1.54, 1.807) is 25.1 Å². The summed E-state index contributed by atoms with van der Waals surface area (Å²) in [6.07, 6.45) is 0.969. The molecule has 3 fully saturated rings. The molecule has 8 rings (SSSR count). The zero-order valence-corrected chi connectivity index (χ0v) is 26.4. The van der Waals surface area contributed by atoms with Gasteiger partial charge >= 0.3 is 5.97 Å². The van der Waals surface area contributed by atoms with Crippen molar-refractivity contribution in [1.82, 2.24) is 14.5 Å². The van der Waals surface area contributed by atoms with Crippen LogP contribution in [-0.4, -0.2) is 76.6 Å². The van der Waals surface area contributed by atoms with Gasteiger partial charge in [-0.05, 0) is 48.9 Å². The lowest BCUT2D eigenvalue weighted by molar-refractivity contribution is -0.0705. The van der Waals surface area contributed by atoms with E-state index in [1.807, 2.05) is 18.2 Å². The lowest BCUT2D eigenvalue weighted by Crippen LogP contribution is -2.59. The Morgan fingerprint density at radius 1 is 1.11 bits per heavy atom. The third-order valence-electron chi connectivity index (χ3n) is 9.47. The molecule has 240 valence electrons. The predicted octanol–water partition coefficient (Wildman–Crippen LogP) is 5.70. The summed E-state index contributed by atoms with van der Waals surface area (Å²) in [5.41, 5.74) is 2.50. The second-order valence-electron chi connectivity index (χ2n) is 12.3. The second-order valence-corrected chi connectivity index (χ2v) is 13.1. The van der Waals surface area contributed by atoms with Gasteiger partial charge in [0.25, 0.3) is 5.79 Å². The summed E-state index contributed by atoms with van der Waals surface area (Å²) in [6, 6.07) is 13.3. The quantitative estimate of drug-likeness (QED) is 0.266. The van der Waals surface area contributed by atoms with Gasteiger partial charge in [-0.2, -0.15) is 0 Å². The lowest BCUT2D eigenvalue weighted by Gasteiger charge is -2.44. The van der Waals surface area contributed by atoms with Gasteiger partial charge in [0.15, 0.2) is 11.5 Å². The molecule has 0 spiro atoms. The number of aromatic nitrogens is 2. The van der Waals surface area contributed by atoms with Crippen molar-refractivity contribution in [2.45, 2.75) is 50.4 Å². The summed E-state index contributed by atoms with van der Waals surface area (Å²) in [5, 5.41) is 10.3. The first-order valence-corrected chi connectivity index (χ1v) is 16.0. The molecule has 5 heterocycles. The predicted molar refractivity (Wildman–Crippen MR) is 169 cm³/mol. The lowest BCUT2D eigenvalue weighted by atomic mass is 10.0. The standard InChI is InChI=1S/C33H31Cl2FN4O6/c1-33(21-6-5-19(34)13-23(21)36)45-28-4-2-3-24(31(28)46-33)39-9-8-38(26-16-43-17-27(26)39)15-29-37-30-22(35)11-18(32(41)42)12-25(30)40(29)14-20-7-10-44-20/h2-6,11-13,20,26-27H,7-10,14-17H2,1H3,(H,41,42)/t20-,26+,27-,33+/m0/s1. The molecule has 13 heteroatoms. The van der Waals surface area contributed by atoms with E-state index >= 15 is 0 Å². The first-order valence-electron chi connectivity index (χ1n) is 15.3. The summed E-state index contributed by atoms with van der Waals surface area (Å²) >= 11 is 12.6. The first kappa shape index (κ1) is 29.8. The molecule has 0 aliphatic carbocycles. The minimum absolute atomic E-state index is 0.0120. The molecule has 0 saturated carbocycles. The smallest absolute Gasteiger partial charge is 0.335 e. The number of anilines is 1. The number of para-hydroxylation sites is 1. The molecule has 46 heavy (non-hydrogen) atoms. The van der Waals surface area contributed by atoms with Crippen LogP contribution in [0.2, 0.25) is 10.0 Å². The number of imidazole rings is 1. The topological polar surface area (TPSA) is 98.5 Å². The number of benzene rings is 3. The van der Waals surface area contributed by atoms with Crippen LogP contribution in [0.1, 0.15) is 35.1 Å². The third kappa shape index (κ3) is 4.96. The van der Waals surface area contributed by atoms with E-state index in [1.165, 1.54) is 12.1 Å². The van der Waals surface area contributed by atoms with Gasteiger partial charge in [0, 0.05) is 31.6 Å². The van der Waals surface area contributed by atoms with Crippen molar-refractivity contribution in [2.75, 3.05) is 37.8 Å². The number of rotatable bonds is 7. The molecule has 4 aliphatic rings. The van der Waals surface area contributed by atoms with Gasteiger partial charge in [0.05, 0.1) is 71.8 Å². The van der Waals surface area contributed by atoms with Gasteiger partial charge in [-0.25, -0.2) is 14.2 Å². The number of halogens is 3. The maximum absolute atomic E-state index is 15.0. The van der Waals surface area contributed by atoms with E-state index in [-0.39, 0.29) is 29.3 Å². The van der Waals surface area contributed by atoms with Gasteiger partial charge in [-0.15, -0.1) is 0 Å². The van der Waals surface area contributed by atoms with Crippen molar-refractivity contribution in [2.24, 2.45) is 0 Å². The zero-order valence-electron chi connectivity index (χ0n) is 24.9. The van der Waals surface area contributed by atoms with Gasteiger partial charge in [0.1, 0.15) is 17.2 Å². The Labute approximate surface area is 274 Å². The highest BCUT2D eigenvalue weighted by molar-refractivity contribution is 6.35. The average Bonchev–Trinajstić information content (AvgIpc) is 3.71. The van der Waals surface area contributed by atoms with E-state index in [2.05, 4.69) is 14.4 Å². The summed E-state index contributed by atoms with van der Waals surface area (Å²) in [4.78, 5) is 21.4. The van der Waals surface area contributed by atoms with Crippen molar-refractivity contribution in [1.29, 1.82) is 0 Å². The van der Waals surface area contributed by atoms with Crippen LogP contribution < -0.4 is 14.4 Å². The Kier molecular flexibility index (Phi) is 7.30. The fourth-order valence-electron chi connectivity index (χ4n) is 7.04. The minimum Gasteiger partial charge on any atom is -0.478 e. The normalized spacial score (nSPS) is 25.6. The minimum atomic E-state index is -1.36. The Morgan fingerprint density at radius 3 is 2.70 bits per heavy atom. The average molecular weight is 670 g/mol. The summed E-state index contributed by atoms with van der Waals surface area (Å²) in [6.45, 7) is 5.94. The number of fused-ring (bicyclic) bond motifs is 3. The van der Waals surface area contributed by atoms with Crippen LogP contribution in [0.25, 0.3) is 11.0 Å². The number of carboxylic acids is 1. The fourth-order valence-corrected chi connectivity index (χ4v) is 7.45. The Bertz CT molecular complexity index is 1870. The van der Waals surface area contributed by atoms with Crippen LogP contribution in [0, 0.1) is 5.82 Å². The summed E-state index contributed by atoms with van der Waals surface area (Å²) in [7, 11) is 0. The molecule has 4 atom stereocenters. The first-order chi connectivity index (χ1) is 22.2. The van der Waals surface area contributed by atoms with Gasteiger partial charge in [0.2, 0.25) is 0 Å². The number of ether oxygens (including phenoxy) is 4. The number of aromatic carboxylic acids is 1. The highest BCUT2D eigenvalue weighted by Gasteiger charge is 2.46. The molecular formula is C33H31Cl2FN4O6. The van der Waals surface area contributed by atoms with Gasteiger partial charge < -0.3 is 33.5 Å². The van der Waals surface area contributed by atoms with E-state index in [4.69, 9.17) is 47.1 Å². The Balaban J connectivity index is 1.08. The molecule has 3 saturated heterocycles. The number of carboxylic acid groups (broad SMARTS) is 1. The van der Waals surface area contributed by atoms with E-state index < -0.39 is 17.6 Å². The van der Waals surface area contributed by atoms with Crippen molar-refractivity contribution >= 4 is 45.9 Å². The number of carbonyl (C=O) groups is 1. The Hall–Kier alpha value is -3.61. The third-order valence-corrected chi connectivity index (χ3v) is 9.99. The molecule has 1 N–H and O–H groups in total. The van der Waals surface area contributed by atoms with Crippen LogP contribution in [0.5, 0.6) is 11.5 Å². The number of hydrogen-bond acceptors (Lipinski definition) is 8. The Morgan fingerprint density at radius 2 is 1.93 bits per heavy atom. The van der Waals surface area contributed by atoms with Crippen LogP contribution in [0.3, 0.4) is 0 Å². The van der Waals surface area contributed by atoms with Crippen LogP contribution in [-0.2, 0) is 28.4 Å². The molecule has 10 nitrogen and oxygen atoms in total.